The Labute approximate surface area is 186 Å². The van der Waals surface area contributed by atoms with Crippen LogP contribution in [0.2, 0.25) is 0 Å². The van der Waals surface area contributed by atoms with Crippen molar-refractivity contribution in [2.45, 2.75) is 34.1 Å². The highest BCUT2D eigenvalue weighted by Gasteiger charge is 2.67. The average Bonchev–Trinajstić information content (AvgIpc) is 3.43. The maximum Gasteiger partial charge on any atom is 0.254 e. The van der Waals surface area contributed by atoms with Crippen molar-refractivity contribution < 1.29 is 14.0 Å². The summed E-state index contributed by atoms with van der Waals surface area (Å²) in [5, 5.41) is 15.1. The fourth-order valence-corrected chi connectivity index (χ4v) is 6.30. The quantitative estimate of drug-likeness (QED) is 0.425. The Morgan fingerprint density at radius 2 is 1.72 bits per heavy atom. The van der Waals surface area contributed by atoms with Crippen molar-refractivity contribution in [1.29, 1.82) is 5.26 Å². The first kappa shape index (κ1) is 19.3. The molecular weight excluding hydrogens is 404 g/mol. The molecule has 2 saturated carbocycles. The number of nitrogens with zero attached hydrogens (tertiary/aromatic N) is 4. The molecule has 7 rings (SSSR count). The second kappa shape index (κ2) is 6.32. The number of furan rings is 1. The molecule has 6 atom stereocenters. The van der Waals surface area contributed by atoms with E-state index < -0.39 is 0 Å². The summed E-state index contributed by atoms with van der Waals surface area (Å²) in [5.74, 6) is 1.86. The monoisotopic (exact) mass is 428 g/mol. The molecule has 2 amide bonds. The molecule has 4 aliphatic carbocycles. The molecule has 1 saturated heterocycles. The summed E-state index contributed by atoms with van der Waals surface area (Å²) in [6.07, 6.45) is 7.04. The molecule has 0 unspecified atom stereocenters. The van der Waals surface area contributed by atoms with Gasteiger partial charge < -0.3 is 4.42 Å². The average molecular weight is 428 g/mol. The summed E-state index contributed by atoms with van der Waals surface area (Å²) in [6, 6.07) is 4.16. The normalized spacial score (nSPS) is 32.0. The Hall–Kier alpha value is -3.40. The number of nitriles is 1. The number of rotatable bonds is 3. The molecule has 7 heteroatoms. The molecule has 2 aromatic heterocycles. The van der Waals surface area contributed by atoms with E-state index in [-0.39, 0.29) is 35.5 Å². The molecule has 1 aliphatic heterocycles. The summed E-state index contributed by atoms with van der Waals surface area (Å²) in [5.41, 5.74) is 3.81. The molecule has 7 nitrogen and oxygen atoms in total. The Bertz CT molecular complexity index is 1270. The Morgan fingerprint density at radius 1 is 1.09 bits per heavy atom. The highest BCUT2D eigenvalue weighted by Crippen LogP contribution is 2.65. The van der Waals surface area contributed by atoms with E-state index >= 15 is 0 Å². The number of hydrogen-bond acceptors (Lipinski definition) is 5. The lowest BCUT2D eigenvalue weighted by Gasteiger charge is -2.37. The van der Waals surface area contributed by atoms with E-state index in [1.807, 2.05) is 38.3 Å². The predicted molar refractivity (Wildman–Crippen MR) is 116 cm³/mol. The summed E-state index contributed by atoms with van der Waals surface area (Å²) in [7, 11) is 0. The molecule has 0 aromatic carbocycles. The minimum absolute atomic E-state index is 0.168. The summed E-state index contributed by atoms with van der Waals surface area (Å²) in [6.45, 7) is 7.54. The number of aromatic nitrogens is 1. The maximum atomic E-state index is 13.1. The lowest BCUT2D eigenvalue weighted by atomic mass is 9.63. The molecule has 32 heavy (non-hydrogen) atoms. The fourth-order valence-electron chi connectivity index (χ4n) is 6.30. The molecule has 5 aliphatic rings. The maximum absolute atomic E-state index is 13.1. The van der Waals surface area contributed by atoms with Gasteiger partial charge >= 0.3 is 0 Å². The first-order valence-corrected chi connectivity index (χ1v) is 11.1. The molecule has 162 valence electrons. The van der Waals surface area contributed by atoms with Crippen molar-refractivity contribution in [2.75, 3.05) is 0 Å². The minimum atomic E-state index is -0.252. The molecule has 2 aromatic rings. The van der Waals surface area contributed by atoms with E-state index in [2.05, 4.69) is 23.3 Å². The lowest BCUT2D eigenvalue weighted by Crippen LogP contribution is -2.40. The number of amides is 2. The van der Waals surface area contributed by atoms with E-state index in [1.165, 1.54) is 0 Å². The first-order chi connectivity index (χ1) is 15.3. The van der Waals surface area contributed by atoms with Crippen LogP contribution < -0.4 is 0 Å². The van der Waals surface area contributed by atoms with E-state index in [0.717, 1.165) is 33.9 Å². The van der Waals surface area contributed by atoms with Crippen molar-refractivity contribution in [1.82, 2.24) is 9.58 Å². The van der Waals surface area contributed by atoms with E-state index in [0.29, 0.717) is 29.0 Å². The van der Waals surface area contributed by atoms with Crippen LogP contribution in [0.5, 0.6) is 0 Å². The zero-order valence-corrected chi connectivity index (χ0v) is 18.5. The molecule has 0 spiro atoms. The van der Waals surface area contributed by atoms with Crippen LogP contribution in [0, 0.1) is 74.5 Å². The van der Waals surface area contributed by atoms with Crippen molar-refractivity contribution in [2.24, 2.45) is 40.6 Å². The van der Waals surface area contributed by atoms with Crippen LogP contribution in [0.3, 0.4) is 0 Å². The highest BCUT2D eigenvalue weighted by atomic mass is 16.4. The largest absolute Gasteiger partial charge is 0.443 e. The number of carbonyl (C=O) groups excluding carboxylic acids is 2. The van der Waals surface area contributed by atoms with Crippen molar-refractivity contribution >= 4 is 18.0 Å². The Kier molecular flexibility index (Phi) is 3.81. The molecule has 3 fully saturated rings. The second-order valence-electron chi connectivity index (χ2n) is 9.62. The summed E-state index contributed by atoms with van der Waals surface area (Å²) >= 11 is 0. The number of hydrazone groups is 1. The van der Waals surface area contributed by atoms with Crippen LogP contribution in [-0.4, -0.2) is 27.6 Å². The molecule has 2 bridgehead atoms. The minimum Gasteiger partial charge on any atom is -0.443 e. The van der Waals surface area contributed by atoms with Gasteiger partial charge in [-0.2, -0.15) is 15.4 Å². The van der Waals surface area contributed by atoms with Gasteiger partial charge in [0.05, 0.1) is 18.1 Å². The highest BCUT2D eigenvalue weighted by molar-refractivity contribution is 6.06. The molecule has 0 N–H and O–H groups in total. The van der Waals surface area contributed by atoms with E-state index in [4.69, 9.17) is 4.42 Å². The van der Waals surface area contributed by atoms with E-state index in [1.54, 1.807) is 6.21 Å². The van der Waals surface area contributed by atoms with Gasteiger partial charge in [0.2, 0.25) is 5.88 Å². The van der Waals surface area contributed by atoms with Gasteiger partial charge in [0, 0.05) is 22.5 Å². The number of hydrogen-bond donors (Lipinski definition) is 0. The van der Waals surface area contributed by atoms with Crippen LogP contribution in [0.4, 0.5) is 0 Å². The number of imide groups is 1. The smallest absolute Gasteiger partial charge is 0.254 e. The van der Waals surface area contributed by atoms with Gasteiger partial charge in [0.25, 0.3) is 11.8 Å². The van der Waals surface area contributed by atoms with Crippen LogP contribution >= 0.6 is 0 Å². The molecule has 3 heterocycles. The third-order valence-corrected chi connectivity index (χ3v) is 8.10. The second-order valence-corrected chi connectivity index (χ2v) is 9.62. The Morgan fingerprint density at radius 3 is 2.31 bits per heavy atom. The van der Waals surface area contributed by atoms with Crippen LogP contribution in [0.1, 0.15) is 40.3 Å². The van der Waals surface area contributed by atoms with Gasteiger partial charge in [0.1, 0.15) is 17.4 Å². The third-order valence-electron chi connectivity index (χ3n) is 8.10. The van der Waals surface area contributed by atoms with Crippen molar-refractivity contribution in [3.63, 3.8) is 0 Å². The van der Waals surface area contributed by atoms with Crippen LogP contribution in [0.25, 0.3) is 5.88 Å². The van der Waals surface area contributed by atoms with Crippen LogP contribution in [-0.2, 0) is 9.59 Å². The van der Waals surface area contributed by atoms with Gasteiger partial charge in [0.15, 0.2) is 0 Å². The first-order valence-electron chi connectivity index (χ1n) is 11.1. The zero-order chi connectivity index (χ0) is 22.5. The lowest BCUT2D eigenvalue weighted by molar-refractivity contribution is -0.140. The molecule has 0 radical (unpaired) electrons. The fraction of sp³-hybridized carbons (Fsp3) is 0.440. The molecular formula is C25H24N4O3. The predicted octanol–water partition coefficient (Wildman–Crippen LogP) is 3.56. The summed E-state index contributed by atoms with van der Waals surface area (Å²) in [4.78, 5) is 26.3. The van der Waals surface area contributed by atoms with Gasteiger partial charge in [-0.05, 0) is 63.9 Å². The zero-order valence-electron chi connectivity index (χ0n) is 18.5. The number of aryl methyl sites for hydroxylation is 2. The number of carbonyl (C=O) groups is 2. The van der Waals surface area contributed by atoms with E-state index in [9.17, 15) is 14.9 Å². The number of allylic oxidation sites excluding steroid dienone is 2. The van der Waals surface area contributed by atoms with Gasteiger partial charge in [-0.3, -0.25) is 14.2 Å². The SMILES string of the molecule is Cc1oc(-n2c(C)cc(/C=N\N3C(=O)[C@@H]4[C@H]5C=C[C@@H]([C@@H]6C[C@@H]56)[C@@H]4C3=O)c2C)c(C#N)c1C. The standard InChI is InChI=1S/C25H24N4O3/c1-11-7-15(13(3)28(11)25-20(9-26)12(2)14(4)32-25)10-27-29-23(30)21-16-5-6-17(19-8-18(16)19)22(21)24(29)31/h5-7,10,16-19,21-22H,8H2,1-4H3/b27-10-/t16-,17-,18-,19-,21-,22+/m0/s1. The van der Waals surface area contributed by atoms with Gasteiger partial charge in [-0.1, -0.05) is 12.2 Å². The van der Waals surface area contributed by atoms with Crippen molar-refractivity contribution in [3.8, 4) is 12.0 Å². The van der Waals surface area contributed by atoms with Crippen LogP contribution in [0.15, 0.2) is 27.7 Å². The van der Waals surface area contributed by atoms with Crippen molar-refractivity contribution in [3.05, 3.63) is 52.1 Å². The topological polar surface area (TPSA) is 91.6 Å². The van der Waals surface area contributed by atoms with Gasteiger partial charge in [-0.25, -0.2) is 0 Å². The Balaban J connectivity index is 1.33. The van der Waals surface area contributed by atoms with Gasteiger partial charge in [-0.15, -0.1) is 0 Å². The third kappa shape index (κ3) is 2.32. The summed E-state index contributed by atoms with van der Waals surface area (Å²) < 4.78 is 7.77.